The van der Waals surface area contributed by atoms with E-state index >= 15 is 0 Å². The maximum atomic E-state index is 12.7. The molecule has 3 heterocycles. The fraction of sp³-hybridized carbons (Fsp3) is 0.0476. The lowest BCUT2D eigenvalue weighted by Gasteiger charge is -2.17. The van der Waals surface area contributed by atoms with Crippen LogP contribution in [0.1, 0.15) is 5.56 Å². The molecule has 0 atom stereocenters. The van der Waals surface area contributed by atoms with Gasteiger partial charge in [-0.25, -0.2) is 4.99 Å². The van der Waals surface area contributed by atoms with Crippen LogP contribution >= 0.6 is 22.7 Å². The predicted molar refractivity (Wildman–Crippen MR) is 115 cm³/mol. The predicted octanol–water partition coefficient (Wildman–Crippen LogP) is 3.92. The van der Waals surface area contributed by atoms with Crippen LogP contribution in [0.5, 0.6) is 0 Å². The summed E-state index contributed by atoms with van der Waals surface area (Å²) in [6.45, 7) is 0. The van der Waals surface area contributed by atoms with Crippen LogP contribution in [-0.4, -0.2) is 34.0 Å². The number of para-hydroxylation sites is 1. The van der Waals surface area contributed by atoms with Gasteiger partial charge in [0.15, 0.2) is 0 Å². The molecule has 0 aromatic heterocycles. The number of fused-ring (bicyclic) bond motifs is 2. The van der Waals surface area contributed by atoms with Gasteiger partial charge < -0.3 is 4.90 Å². The van der Waals surface area contributed by atoms with Gasteiger partial charge in [-0.1, -0.05) is 54.2 Å². The number of amides is 1. The third kappa shape index (κ3) is 2.78. The molecule has 5 rings (SSSR count). The molecule has 0 bridgehead atoms. The van der Waals surface area contributed by atoms with E-state index in [4.69, 9.17) is 0 Å². The summed E-state index contributed by atoms with van der Waals surface area (Å²) in [4.78, 5) is 23.8. The number of carbonyl (C=O) groups is 1. The van der Waals surface area contributed by atoms with E-state index in [-0.39, 0.29) is 5.91 Å². The van der Waals surface area contributed by atoms with Crippen molar-refractivity contribution in [3.63, 3.8) is 0 Å². The monoisotopic (exact) mass is 389 g/mol. The number of hydrogen-bond acceptors (Lipinski definition) is 4. The van der Waals surface area contributed by atoms with Crippen molar-refractivity contribution in [1.29, 1.82) is 0 Å². The summed E-state index contributed by atoms with van der Waals surface area (Å²) in [6, 6.07) is 18.1. The van der Waals surface area contributed by atoms with Gasteiger partial charge in [0.25, 0.3) is 5.91 Å². The minimum absolute atomic E-state index is 0.0207. The van der Waals surface area contributed by atoms with Gasteiger partial charge in [-0.3, -0.25) is 9.69 Å². The molecule has 3 aliphatic rings. The zero-order valence-electron chi connectivity index (χ0n) is 14.5. The topological polar surface area (TPSA) is 35.9 Å². The molecule has 6 heteroatoms. The molecule has 0 spiro atoms. The Kier molecular flexibility index (Phi) is 3.88. The maximum Gasteiger partial charge on any atom is 0.274 e. The van der Waals surface area contributed by atoms with E-state index in [0.29, 0.717) is 0 Å². The largest absolute Gasteiger partial charge is 0.338 e. The molecule has 0 unspecified atom stereocenters. The maximum absolute atomic E-state index is 12.7. The SMILES string of the molecule is CN1/C(=C\C2=CC3=S=C(c4ccccc4)C(=O)N3C=N2)Sc2ccccc21. The summed E-state index contributed by atoms with van der Waals surface area (Å²) in [7, 11) is 3.56. The number of carbonyl (C=O) groups excluding carboxylic acids is 1. The first-order valence-corrected chi connectivity index (χ1v) is 10.1. The first kappa shape index (κ1) is 16.4. The van der Waals surface area contributed by atoms with Crippen molar-refractivity contribution in [2.45, 2.75) is 4.90 Å². The molecule has 2 aromatic rings. The van der Waals surface area contributed by atoms with E-state index in [1.807, 2.05) is 42.5 Å². The van der Waals surface area contributed by atoms with Gasteiger partial charge in [-0.15, -0.1) is 10.9 Å². The zero-order chi connectivity index (χ0) is 18.4. The quantitative estimate of drug-likeness (QED) is 0.731. The molecule has 3 aliphatic heterocycles. The normalized spacial score (nSPS) is 19.4. The van der Waals surface area contributed by atoms with E-state index in [9.17, 15) is 4.79 Å². The molecular formula is C21H15N3OS2. The summed E-state index contributed by atoms with van der Waals surface area (Å²) in [6.07, 6.45) is 5.67. The lowest BCUT2D eigenvalue weighted by atomic mass is 10.1. The summed E-state index contributed by atoms with van der Waals surface area (Å²) < 4.78 is 0. The molecule has 132 valence electrons. The molecule has 0 radical (unpaired) electrons. The van der Waals surface area contributed by atoms with Crippen LogP contribution in [0.4, 0.5) is 5.69 Å². The van der Waals surface area contributed by atoms with Crippen LogP contribution in [0.15, 0.2) is 87.4 Å². The van der Waals surface area contributed by atoms with Crippen molar-refractivity contribution >= 4 is 50.5 Å². The highest BCUT2D eigenvalue weighted by atomic mass is 32.2. The molecular weight excluding hydrogens is 374 g/mol. The zero-order valence-corrected chi connectivity index (χ0v) is 16.1. The fourth-order valence-corrected chi connectivity index (χ4v) is 5.28. The number of benzene rings is 2. The number of rotatable bonds is 2. The third-order valence-electron chi connectivity index (χ3n) is 4.53. The van der Waals surface area contributed by atoms with Crippen molar-refractivity contribution in [3.8, 4) is 0 Å². The first-order chi connectivity index (χ1) is 13.2. The van der Waals surface area contributed by atoms with Crippen molar-refractivity contribution in [2.75, 3.05) is 11.9 Å². The van der Waals surface area contributed by atoms with Crippen LogP contribution in [-0.2, 0) is 4.79 Å². The first-order valence-electron chi connectivity index (χ1n) is 8.50. The second-order valence-corrected chi connectivity index (χ2v) is 8.33. The smallest absolute Gasteiger partial charge is 0.274 e. The van der Waals surface area contributed by atoms with Gasteiger partial charge >= 0.3 is 0 Å². The fourth-order valence-electron chi connectivity index (χ4n) is 3.13. The van der Waals surface area contributed by atoms with Gasteiger partial charge in [-0.2, -0.15) is 0 Å². The van der Waals surface area contributed by atoms with Crippen LogP contribution in [0.3, 0.4) is 0 Å². The summed E-state index contributed by atoms with van der Waals surface area (Å²) in [5, 5.41) is 1.12. The molecule has 4 nitrogen and oxygen atoms in total. The molecule has 0 fully saturated rings. The molecule has 0 saturated heterocycles. The van der Waals surface area contributed by atoms with Crippen LogP contribution < -0.4 is 4.90 Å². The van der Waals surface area contributed by atoms with Crippen LogP contribution in [0, 0.1) is 0 Å². The highest BCUT2D eigenvalue weighted by molar-refractivity contribution is 8.03. The number of thioether (sulfide) groups is 1. The lowest BCUT2D eigenvalue weighted by Crippen LogP contribution is -2.35. The minimum atomic E-state index is -0.0207. The van der Waals surface area contributed by atoms with E-state index in [1.54, 1.807) is 23.0 Å². The highest BCUT2D eigenvalue weighted by Crippen LogP contribution is 2.45. The van der Waals surface area contributed by atoms with Crippen molar-refractivity contribution in [2.24, 2.45) is 4.99 Å². The Balaban J connectivity index is 1.50. The standard InChI is InChI=1S/C21H15N3OS2/c1-23-16-9-5-6-10-17(16)26-18(23)11-15-12-19-24(13-22-15)21(25)20(27-19)14-7-3-2-4-8-14/h2-13H,1H3/b18-11+. The third-order valence-corrected chi connectivity index (χ3v) is 6.83. The van der Waals surface area contributed by atoms with E-state index < -0.39 is 0 Å². The van der Waals surface area contributed by atoms with Gasteiger partial charge in [0.2, 0.25) is 0 Å². The number of hydrogen-bond donors (Lipinski definition) is 0. The second kappa shape index (κ2) is 6.40. The van der Waals surface area contributed by atoms with Crippen molar-refractivity contribution in [3.05, 3.63) is 83.0 Å². The minimum Gasteiger partial charge on any atom is -0.338 e. The molecule has 0 N–H and O–H groups in total. The van der Waals surface area contributed by atoms with Crippen LogP contribution in [0.2, 0.25) is 0 Å². The van der Waals surface area contributed by atoms with Gasteiger partial charge in [0.1, 0.15) is 16.2 Å². The van der Waals surface area contributed by atoms with E-state index in [0.717, 1.165) is 26.1 Å². The molecule has 0 saturated carbocycles. The van der Waals surface area contributed by atoms with Crippen molar-refractivity contribution < 1.29 is 4.79 Å². The number of allylic oxidation sites excluding steroid dienone is 1. The molecule has 0 aliphatic carbocycles. The Bertz CT molecular complexity index is 1130. The Morgan fingerprint density at radius 3 is 2.63 bits per heavy atom. The van der Waals surface area contributed by atoms with Gasteiger partial charge in [0.05, 0.1) is 16.4 Å². The number of anilines is 1. The summed E-state index contributed by atoms with van der Waals surface area (Å²) in [5.41, 5.74) is 2.99. The number of nitrogens with zero attached hydrogens (tertiary/aromatic N) is 3. The van der Waals surface area contributed by atoms with E-state index in [1.165, 1.54) is 21.5 Å². The molecule has 1 amide bonds. The second-order valence-electron chi connectivity index (χ2n) is 6.24. The lowest BCUT2D eigenvalue weighted by molar-refractivity contribution is -0.117. The van der Waals surface area contributed by atoms with Crippen LogP contribution in [0.25, 0.3) is 0 Å². The number of aliphatic imine (C=N–C) groups is 1. The van der Waals surface area contributed by atoms with Crippen molar-refractivity contribution in [1.82, 2.24) is 4.90 Å². The summed E-state index contributed by atoms with van der Waals surface area (Å²) >= 11 is 1.73. The van der Waals surface area contributed by atoms with E-state index in [2.05, 4.69) is 41.2 Å². The molecule has 2 aromatic carbocycles. The Labute approximate surface area is 165 Å². The Morgan fingerprint density at radius 2 is 1.81 bits per heavy atom. The molecule has 27 heavy (non-hydrogen) atoms. The average molecular weight is 390 g/mol. The summed E-state index contributed by atoms with van der Waals surface area (Å²) in [5.74, 6) is -0.0207. The average Bonchev–Trinajstić information content (AvgIpc) is 3.20. The Morgan fingerprint density at radius 1 is 1.04 bits per heavy atom. The Hall–Kier alpha value is -2.83. The highest BCUT2D eigenvalue weighted by Gasteiger charge is 2.29. The van der Waals surface area contributed by atoms with Gasteiger partial charge in [0, 0.05) is 11.9 Å². The van der Waals surface area contributed by atoms with Gasteiger partial charge in [-0.05, 0) is 29.8 Å².